The number of hydrogen-bond donors (Lipinski definition) is 2. The Labute approximate surface area is 220 Å². The van der Waals surface area contributed by atoms with E-state index in [4.69, 9.17) is 13.9 Å². The smallest absolute Gasteiger partial charge is 0.323 e. The maximum absolute atomic E-state index is 12.4. The molecule has 7 nitrogen and oxygen atoms in total. The maximum Gasteiger partial charge on any atom is 0.323 e. The Kier molecular flexibility index (Phi) is 10.1. The van der Waals surface area contributed by atoms with Gasteiger partial charge in [-0.3, -0.25) is 9.69 Å². The molecule has 1 heterocycles. The second kappa shape index (κ2) is 13.1. The number of carbonyl (C=O) groups excluding carboxylic acids is 1. The Morgan fingerprint density at radius 2 is 1.57 bits per heavy atom. The molecule has 37 heavy (non-hydrogen) atoms. The van der Waals surface area contributed by atoms with E-state index in [1.165, 1.54) is 0 Å². The average Bonchev–Trinajstić information content (AvgIpc) is 3.28. The van der Waals surface area contributed by atoms with Crippen molar-refractivity contribution in [3.63, 3.8) is 0 Å². The highest BCUT2D eigenvalue weighted by atomic mass is 16.5. The summed E-state index contributed by atoms with van der Waals surface area (Å²) in [6.07, 6.45) is 0.163. The minimum Gasteiger partial charge on any atom is -0.494 e. The Bertz CT molecular complexity index is 1080. The molecule has 0 fully saturated rings. The van der Waals surface area contributed by atoms with Gasteiger partial charge < -0.3 is 24.1 Å². The van der Waals surface area contributed by atoms with Crippen molar-refractivity contribution < 1.29 is 28.9 Å². The van der Waals surface area contributed by atoms with Crippen LogP contribution in [0, 0.1) is 5.41 Å². The van der Waals surface area contributed by atoms with Crippen LogP contribution in [-0.2, 0) is 9.53 Å². The number of fused-ring (bicyclic) bond motifs is 1. The molecule has 2 N–H and O–H groups in total. The first kappa shape index (κ1) is 28.7. The van der Waals surface area contributed by atoms with Crippen LogP contribution in [0.15, 0.2) is 59.0 Å². The molecule has 0 aliphatic carbocycles. The topological polar surface area (TPSA) is 92.4 Å². The molecule has 3 unspecified atom stereocenters. The van der Waals surface area contributed by atoms with Crippen LogP contribution in [0.3, 0.4) is 0 Å². The predicted molar refractivity (Wildman–Crippen MR) is 146 cm³/mol. The van der Waals surface area contributed by atoms with Gasteiger partial charge in [0.15, 0.2) is 0 Å². The summed E-state index contributed by atoms with van der Waals surface area (Å²) in [5, 5.41) is 21.6. The highest BCUT2D eigenvalue weighted by Gasteiger charge is 2.34. The van der Waals surface area contributed by atoms with Crippen LogP contribution >= 0.6 is 0 Å². The molecule has 0 radical (unpaired) electrons. The molecule has 3 aromatic rings. The molecule has 0 saturated carbocycles. The molecule has 0 aliphatic heterocycles. The molecule has 0 saturated heterocycles. The monoisotopic (exact) mass is 511 g/mol. The van der Waals surface area contributed by atoms with Crippen LogP contribution in [0.1, 0.15) is 46.5 Å². The first-order valence-electron chi connectivity index (χ1n) is 13.0. The number of para-hydroxylation sites is 1. The zero-order valence-corrected chi connectivity index (χ0v) is 22.6. The van der Waals surface area contributed by atoms with Gasteiger partial charge in [-0.15, -0.1) is 0 Å². The van der Waals surface area contributed by atoms with Crippen LogP contribution < -0.4 is 4.74 Å². The normalized spacial score (nSPS) is 14.5. The van der Waals surface area contributed by atoms with E-state index in [9.17, 15) is 15.0 Å². The van der Waals surface area contributed by atoms with Crippen LogP contribution in [-0.4, -0.2) is 66.6 Å². The molecule has 3 atom stereocenters. The molecular weight excluding hydrogens is 470 g/mol. The van der Waals surface area contributed by atoms with E-state index in [1.54, 1.807) is 0 Å². The van der Waals surface area contributed by atoms with Gasteiger partial charge in [0, 0.05) is 10.9 Å². The third kappa shape index (κ3) is 8.32. The number of carbonyl (C=O) groups is 1. The SMILES string of the molecule is CN(C)C(C(=O)OCCCC(O)C(O)CCCOc1ccc(-c2cc3ccccc3o2)cc1)C(C)(C)C. The average molecular weight is 512 g/mol. The molecule has 0 aliphatic rings. The third-order valence-electron chi connectivity index (χ3n) is 6.37. The summed E-state index contributed by atoms with van der Waals surface area (Å²) in [6.45, 7) is 6.65. The lowest BCUT2D eigenvalue weighted by atomic mass is 9.86. The second-order valence-corrected chi connectivity index (χ2v) is 10.8. The first-order chi connectivity index (χ1) is 17.6. The van der Waals surface area contributed by atoms with Gasteiger partial charge in [0.2, 0.25) is 0 Å². The zero-order valence-electron chi connectivity index (χ0n) is 22.6. The van der Waals surface area contributed by atoms with Crippen molar-refractivity contribution in [1.29, 1.82) is 0 Å². The highest BCUT2D eigenvalue weighted by molar-refractivity contribution is 5.82. The number of likely N-dealkylation sites (N-methyl/N-ethyl adjacent to an activating group) is 1. The minimum atomic E-state index is -0.867. The molecule has 2 aromatic carbocycles. The van der Waals surface area contributed by atoms with Gasteiger partial charge in [-0.05, 0) is 81.6 Å². The van der Waals surface area contributed by atoms with Gasteiger partial charge in [-0.25, -0.2) is 0 Å². The van der Waals surface area contributed by atoms with E-state index in [-0.39, 0.29) is 24.0 Å². The van der Waals surface area contributed by atoms with Crippen molar-refractivity contribution >= 4 is 16.9 Å². The quantitative estimate of drug-likeness (QED) is 0.238. The number of benzene rings is 2. The lowest BCUT2D eigenvalue weighted by Crippen LogP contribution is -2.46. The number of rotatable bonds is 13. The van der Waals surface area contributed by atoms with Gasteiger partial charge in [-0.1, -0.05) is 39.0 Å². The Morgan fingerprint density at radius 1 is 0.946 bits per heavy atom. The van der Waals surface area contributed by atoms with Crippen LogP contribution in [0.2, 0.25) is 0 Å². The minimum absolute atomic E-state index is 0.218. The largest absolute Gasteiger partial charge is 0.494 e. The molecule has 202 valence electrons. The van der Waals surface area contributed by atoms with Gasteiger partial charge in [0.1, 0.15) is 23.1 Å². The number of ether oxygens (including phenoxy) is 2. The summed E-state index contributed by atoms with van der Waals surface area (Å²) in [7, 11) is 3.72. The summed E-state index contributed by atoms with van der Waals surface area (Å²) in [6, 6.07) is 17.3. The highest BCUT2D eigenvalue weighted by Crippen LogP contribution is 2.29. The molecular formula is C30H41NO6. The van der Waals surface area contributed by atoms with Gasteiger partial charge >= 0.3 is 5.97 Å². The van der Waals surface area contributed by atoms with E-state index in [1.807, 2.05) is 94.4 Å². The van der Waals surface area contributed by atoms with Crippen molar-refractivity contribution in [1.82, 2.24) is 4.90 Å². The first-order valence-corrected chi connectivity index (χ1v) is 13.0. The molecule has 7 heteroatoms. The van der Waals surface area contributed by atoms with E-state index in [2.05, 4.69) is 0 Å². The van der Waals surface area contributed by atoms with Crippen LogP contribution in [0.25, 0.3) is 22.3 Å². The van der Waals surface area contributed by atoms with Gasteiger partial charge in [0.25, 0.3) is 0 Å². The van der Waals surface area contributed by atoms with E-state index >= 15 is 0 Å². The van der Waals surface area contributed by atoms with Gasteiger partial charge in [0.05, 0.1) is 25.4 Å². The number of hydrogen-bond acceptors (Lipinski definition) is 7. The van der Waals surface area contributed by atoms with Crippen LogP contribution in [0.5, 0.6) is 5.75 Å². The number of esters is 1. The van der Waals surface area contributed by atoms with Crippen molar-refractivity contribution in [3.05, 3.63) is 54.6 Å². The van der Waals surface area contributed by atoms with Gasteiger partial charge in [-0.2, -0.15) is 0 Å². The van der Waals surface area contributed by atoms with Crippen molar-refractivity contribution in [3.8, 4) is 17.1 Å². The molecule has 0 amide bonds. The zero-order chi connectivity index (χ0) is 27.0. The lowest BCUT2D eigenvalue weighted by molar-refractivity contribution is -0.153. The maximum atomic E-state index is 12.4. The van der Waals surface area contributed by atoms with Crippen LogP contribution in [0.4, 0.5) is 0 Å². The Hall–Kier alpha value is -2.87. The lowest BCUT2D eigenvalue weighted by Gasteiger charge is -2.33. The van der Waals surface area contributed by atoms with E-state index in [0.717, 1.165) is 28.0 Å². The van der Waals surface area contributed by atoms with Crippen molar-refractivity contribution in [2.75, 3.05) is 27.3 Å². The second-order valence-electron chi connectivity index (χ2n) is 10.8. The Morgan fingerprint density at radius 3 is 2.16 bits per heavy atom. The summed E-state index contributed by atoms with van der Waals surface area (Å²) in [5.74, 6) is 1.28. The summed E-state index contributed by atoms with van der Waals surface area (Å²) < 4.78 is 17.1. The summed E-state index contributed by atoms with van der Waals surface area (Å²) in [5.41, 5.74) is 1.59. The predicted octanol–water partition coefficient (Wildman–Crippen LogP) is 5.28. The van der Waals surface area contributed by atoms with Crippen molar-refractivity contribution in [2.45, 2.75) is 64.7 Å². The molecule has 0 bridgehead atoms. The molecule has 3 rings (SSSR count). The standard InChI is InChI=1S/C30H41NO6/c1-30(2,3)28(31(4)5)29(34)36-19-9-12-25(33)24(32)11-8-18-35-23-16-14-21(15-17-23)27-20-22-10-6-7-13-26(22)37-27/h6-7,10,13-17,20,24-25,28,32-33H,8-9,11-12,18-19H2,1-5H3. The number of aliphatic hydroxyl groups is 2. The third-order valence-corrected chi connectivity index (χ3v) is 6.37. The van der Waals surface area contributed by atoms with Crippen molar-refractivity contribution in [2.24, 2.45) is 5.41 Å². The fourth-order valence-corrected chi connectivity index (χ4v) is 4.59. The fraction of sp³-hybridized carbons (Fsp3) is 0.500. The number of aliphatic hydroxyl groups excluding tert-OH is 2. The summed E-state index contributed by atoms with van der Waals surface area (Å²) >= 11 is 0. The number of furan rings is 1. The number of nitrogens with zero attached hydrogens (tertiary/aromatic N) is 1. The van der Waals surface area contributed by atoms with E-state index in [0.29, 0.717) is 32.3 Å². The summed E-state index contributed by atoms with van der Waals surface area (Å²) in [4.78, 5) is 14.3. The Balaban J connectivity index is 1.33. The molecule has 0 spiro atoms. The fourth-order valence-electron chi connectivity index (χ4n) is 4.59. The van der Waals surface area contributed by atoms with E-state index < -0.39 is 12.2 Å². The molecule has 1 aromatic heterocycles.